The topological polar surface area (TPSA) is 38.0 Å². The van der Waals surface area contributed by atoms with Gasteiger partial charge in [0.25, 0.3) is 0 Å². The SMILES string of the molecule is CC(C)(C)C1CCC(CN)(Nc2ccc(F)cc2)CC1. The van der Waals surface area contributed by atoms with Gasteiger partial charge in [0.15, 0.2) is 0 Å². The fraction of sp³-hybridized carbons (Fsp3) is 0.647. The van der Waals surface area contributed by atoms with Gasteiger partial charge in [-0.3, -0.25) is 0 Å². The summed E-state index contributed by atoms with van der Waals surface area (Å²) in [5.41, 5.74) is 7.34. The Balaban J connectivity index is 2.03. The maximum Gasteiger partial charge on any atom is 0.123 e. The van der Waals surface area contributed by atoms with Crippen molar-refractivity contribution in [2.75, 3.05) is 11.9 Å². The van der Waals surface area contributed by atoms with Crippen molar-refractivity contribution in [2.24, 2.45) is 17.1 Å². The summed E-state index contributed by atoms with van der Waals surface area (Å²) in [5.74, 6) is 0.561. The minimum Gasteiger partial charge on any atom is -0.378 e. The van der Waals surface area contributed by atoms with Crippen molar-refractivity contribution in [3.8, 4) is 0 Å². The van der Waals surface area contributed by atoms with Gasteiger partial charge in [0.2, 0.25) is 0 Å². The number of nitrogens with two attached hydrogens (primary N) is 1. The van der Waals surface area contributed by atoms with Crippen LogP contribution in [0.2, 0.25) is 0 Å². The summed E-state index contributed by atoms with van der Waals surface area (Å²) in [7, 11) is 0. The lowest BCUT2D eigenvalue weighted by molar-refractivity contribution is 0.145. The maximum atomic E-state index is 13.0. The van der Waals surface area contributed by atoms with Gasteiger partial charge in [0.05, 0.1) is 0 Å². The smallest absolute Gasteiger partial charge is 0.123 e. The molecule has 112 valence electrons. The van der Waals surface area contributed by atoms with E-state index in [1.54, 1.807) is 12.1 Å². The molecule has 0 amide bonds. The molecule has 0 atom stereocenters. The summed E-state index contributed by atoms with van der Waals surface area (Å²) >= 11 is 0. The molecule has 3 heteroatoms. The van der Waals surface area contributed by atoms with Gasteiger partial charge in [-0.2, -0.15) is 0 Å². The second-order valence-corrected chi connectivity index (χ2v) is 7.26. The van der Waals surface area contributed by atoms with E-state index in [2.05, 4.69) is 26.1 Å². The first kappa shape index (κ1) is 15.3. The van der Waals surface area contributed by atoms with Crippen LogP contribution in [0.25, 0.3) is 0 Å². The van der Waals surface area contributed by atoms with Crippen molar-refractivity contribution in [3.63, 3.8) is 0 Å². The average Bonchev–Trinajstić information content (AvgIpc) is 2.41. The highest BCUT2D eigenvalue weighted by Gasteiger charge is 2.37. The second kappa shape index (κ2) is 5.72. The number of anilines is 1. The molecule has 1 fully saturated rings. The number of benzene rings is 1. The van der Waals surface area contributed by atoms with Crippen LogP contribution in [-0.2, 0) is 0 Å². The van der Waals surface area contributed by atoms with E-state index in [0.717, 1.165) is 24.4 Å². The van der Waals surface area contributed by atoms with Crippen LogP contribution in [0.4, 0.5) is 10.1 Å². The van der Waals surface area contributed by atoms with Crippen molar-refractivity contribution < 1.29 is 4.39 Å². The minimum absolute atomic E-state index is 0.0282. The zero-order chi connectivity index (χ0) is 14.8. The molecule has 0 bridgehead atoms. The first-order valence-corrected chi connectivity index (χ1v) is 7.58. The molecule has 0 aromatic heterocycles. The molecule has 0 aliphatic heterocycles. The Bertz CT molecular complexity index is 425. The third kappa shape index (κ3) is 3.51. The molecule has 1 aliphatic carbocycles. The van der Waals surface area contributed by atoms with E-state index in [1.807, 2.05) is 0 Å². The van der Waals surface area contributed by atoms with Crippen molar-refractivity contribution in [1.29, 1.82) is 0 Å². The molecule has 1 aromatic rings. The Morgan fingerprint density at radius 2 is 1.75 bits per heavy atom. The second-order valence-electron chi connectivity index (χ2n) is 7.26. The number of hydrogen-bond donors (Lipinski definition) is 2. The van der Waals surface area contributed by atoms with Crippen LogP contribution in [0.1, 0.15) is 46.5 Å². The highest BCUT2D eigenvalue weighted by Crippen LogP contribution is 2.42. The summed E-state index contributed by atoms with van der Waals surface area (Å²) in [6, 6.07) is 6.58. The Labute approximate surface area is 121 Å². The number of hydrogen-bond acceptors (Lipinski definition) is 2. The van der Waals surface area contributed by atoms with E-state index in [1.165, 1.54) is 25.0 Å². The molecular formula is C17H27FN2. The largest absolute Gasteiger partial charge is 0.378 e. The van der Waals surface area contributed by atoms with Gasteiger partial charge in [-0.1, -0.05) is 20.8 Å². The third-order valence-electron chi connectivity index (χ3n) is 4.81. The number of rotatable bonds is 3. The highest BCUT2D eigenvalue weighted by atomic mass is 19.1. The normalized spacial score (nSPS) is 27.4. The first-order chi connectivity index (χ1) is 9.35. The predicted molar refractivity (Wildman–Crippen MR) is 83.2 cm³/mol. The van der Waals surface area contributed by atoms with Crippen LogP contribution in [0, 0.1) is 17.2 Å². The van der Waals surface area contributed by atoms with Gasteiger partial charge < -0.3 is 11.1 Å². The van der Waals surface area contributed by atoms with Gasteiger partial charge in [-0.15, -0.1) is 0 Å². The summed E-state index contributed by atoms with van der Waals surface area (Å²) in [6.07, 6.45) is 4.58. The molecular weight excluding hydrogens is 251 g/mol. The summed E-state index contributed by atoms with van der Waals surface area (Å²) in [4.78, 5) is 0. The quantitative estimate of drug-likeness (QED) is 0.870. The molecule has 1 aliphatic rings. The lowest BCUT2D eigenvalue weighted by atomic mass is 9.67. The van der Waals surface area contributed by atoms with Crippen molar-refractivity contribution >= 4 is 5.69 Å². The Morgan fingerprint density at radius 3 is 2.20 bits per heavy atom. The molecule has 3 N–H and O–H groups in total. The third-order valence-corrected chi connectivity index (χ3v) is 4.81. The number of nitrogens with one attached hydrogen (secondary N) is 1. The molecule has 0 saturated heterocycles. The van der Waals surface area contributed by atoms with Crippen LogP contribution in [0.3, 0.4) is 0 Å². The van der Waals surface area contributed by atoms with E-state index >= 15 is 0 Å². The predicted octanol–water partition coefficient (Wildman–Crippen LogP) is 4.17. The molecule has 0 radical (unpaired) electrons. The molecule has 2 rings (SSSR count). The Hall–Kier alpha value is -1.09. The summed E-state index contributed by atoms with van der Waals surface area (Å²) < 4.78 is 13.0. The molecule has 0 spiro atoms. The average molecular weight is 278 g/mol. The summed E-state index contributed by atoms with van der Waals surface area (Å²) in [5, 5.41) is 3.55. The van der Waals surface area contributed by atoms with Gasteiger partial charge in [-0.05, 0) is 61.3 Å². The van der Waals surface area contributed by atoms with Crippen LogP contribution in [-0.4, -0.2) is 12.1 Å². The van der Waals surface area contributed by atoms with Gasteiger partial charge >= 0.3 is 0 Å². The maximum absolute atomic E-state index is 13.0. The summed E-state index contributed by atoms with van der Waals surface area (Å²) in [6.45, 7) is 7.59. The first-order valence-electron chi connectivity index (χ1n) is 7.58. The highest BCUT2D eigenvalue weighted by molar-refractivity contribution is 5.45. The Kier molecular flexibility index (Phi) is 4.38. The molecule has 0 unspecified atom stereocenters. The fourth-order valence-corrected chi connectivity index (χ4v) is 3.26. The molecule has 20 heavy (non-hydrogen) atoms. The lowest BCUT2D eigenvalue weighted by Crippen LogP contribution is -2.49. The van der Waals surface area contributed by atoms with E-state index in [4.69, 9.17) is 5.73 Å². The zero-order valence-corrected chi connectivity index (χ0v) is 12.9. The molecule has 0 heterocycles. The van der Waals surface area contributed by atoms with E-state index < -0.39 is 0 Å². The van der Waals surface area contributed by atoms with Gasteiger partial charge in [0.1, 0.15) is 5.82 Å². The standard InChI is InChI=1S/C17H27FN2/c1-16(2,3)13-8-10-17(12-19,11-9-13)20-15-6-4-14(18)5-7-15/h4-7,13,20H,8-12,19H2,1-3H3. The monoisotopic (exact) mass is 278 g/mol. The molecule has 2 nitrogen and oxygen atoms in total. The van der Waals surface area contributed by atoms with Crippen molar-refractivity contribution in [2.45, 2.75) is 52.0 Å². The van der Waals surface area contributed by atoms with E-state index in [9.17, 15) is 4.39 Å². The van der Waals surface area contributed by atoms with Crippen LogP contribution in [0.15, 0.2) is 24.3 Å². The van der Waals surface area contributed by atoms with Crippen molar-refractivity contribution in [3.05, 3.63) is 30.1 Å². The van der Waals surface area contributed by atoms with Gasteiger partial charge in [-0.25, -0.2) is 4.39 Å². The van der Waals surface area contributed by atoms with Crippen LogP contribution in [0.5, 0.6) is 0 Å². The van der Waals surface area contributed by atoms with Crippen molar-refractivity contribution in [1.82, 2.24) is 0 Å². The number of halogens is 1. The van der Waals surface area contributed by atoms with E-state index in [0.29, 0.717) is 12.0 Å². The van der Waals surface area contributed by atoms with Crippen LogP contribution < -0.4 is 11.1 Å². The zero-order valence-electron chi connectivity index (χ0n) is 12.9. The lowest BCUT2D eigenvalue weighted by Gasteiger charge is -2.44. The molecule has 1 aromatic carbocycles. The minimum atomic E-state index is -0.200. The Morgan fingerprint density at radius 1 is 1.20 bits per heavy atom. The van der Waals surface area contributed by atoms with Gasteiger partial charge in [0, 0.05) is 17.8 Å². The molecule has 1 saturated carbocycles. The van der Waals surface area contributed by atoms with Crippen LogP contribution >= 0.6 is 0 Å². The fourth-order valence-electron chi connectivity index (χ4n) is 3.26. The van der Waals surface area contributed by atoms with E-state index in [-0.39, 0.29) is 11.4 Å².